The third-order valence-electron chi connectivity index (χ3n) is 3.85. The van der Waals surface area contributed by atoms with Crippen LogP contribution in [0, 0.1) is 17.6 Å². The zero-order valence-corrected chi connectivity index (χ0v) is 12.2. The lowest BCUT2D eigenvalue weighted by Crippen LogP contribution is -2.45. The molecule has 116 valence electrons. The van der Waals surface area contributed by atoms with E-state index < -0.39 is 23.6 Å². The van der Waals surface area contributed by atoms with Crippen molar-refractivity contribution >= 4 is 11.6 Å². The Hall–Kier alpha value is -1.69. The molecule has 0 aliphatic carbocycles. The van der Waals surface area contributed by atoms with Gasteiger partial charge in [-0.05, 0) is 31.4 Å². The average Bonchev–Trinajstić information content (AvgIpc) is 2.45. The van der Waals surface area contributed by atoms with E-state index in [2.05, 4.69) is 5.32 Å². The standard InChI is InChI=1S/C15H20F2N2O2/c1-3-18-14-11(16)6-10(7-12(14)17)15(21)19-5-4-9(2)13(20)8-19/h6-7,9,13,18,20H,3-5,8H2,1-2H3. The van der Waals surface area contributed by atoms with Crippen LogP contribution in [-0.4, -0.2) is 41.7 Å². The molecule has 4 nitrogen and oxygen atoms in total. The highest BCUT2D eigenvalue weighted by atomic mass is 19.1. The minimum atomic E-state index is -0.786. The van der Waals surface area contributed by atoms with Crippen molar-refractivity contribution in [3.05, 3.63) is 29.3 Å². The second-order valence-corrected chi connectivity index (χ2v) is 5.43. The Kier molecular flexibility index (Phi) is 4.77. The van der Waals surface area contributed by atoms with E-state index in [9.17, 15) is 18.7 Å². The molecule has 1 amide bonds. The number of hydrogen-bond acceptors (Lipinski definition) is 3. The second-order valence-electron chi connectivity index (χ2n) is 5.43. The number of hydrogen-bond donors (Lipinski definition) is 2. The number of aliphatic hydroxyl groups excluding tert-OH is 1. The van der Waals surface area contributed by atoms with Crippen LogP contribution in [0.1, 0.15) is 30.6 Å². The zero-order valence-electron chi connectivity index (χ0n) is 12.2. The van der Waals surface area contributed by atoms with Gasteiger partial charge in [0, 0.05) is 25.2 Å². The summed E-state index contributed by atoms with van der Waals surface area (Å²) in [7, 11) is 0. The Bertz CT molecular complexity index is 513. The van der Waals surface area contributed by atoms with Gasteiger partial charge in [-0.1, -0.05) is 6.92 Å². The molecule has 0 radical (unpaired) electrons. The van der Waals surface area contributed by atoms with Crippen molar-refractivity contribution in [2.45, 2.75) is 26.4 Å². The van der Waals surface area contributed by atoms with Crippen LogP contribution in [0.15, 0.2) is 12.1 Å². The number of likely N-dealkylation sites (tertiary alicyclic amines) is 1. The summed E-state index contributed by atoms with van der Waals surface area (Å²) in [6.45, 7) is 4.70. The van der Waals surface area contributed by atoms with Crippen molar-refractivity contribution in [1.29, 1.82) is 0 Å². The highest BCUT2D eigenvalue weighted by molar-refractivity contribution is 5.94. The Morgan fingerprint density at radius 1 is 1.43 bits per heavy atom. The van der Waals surface area contributed by atoms with Crippen LogP contribution < -0.4 is 5.32 Å². The largest absolute Gasteiger partial charge is 0.391 e. The molecule has 21 heavy (non-hydrogen) atoms. The number of aliphatic hydroxyl groups is 1. The average molecular weight is 298 g/mol. The molecule has 2 rings (SSSR count). The molecule has 1 aliphatic rings. The third kappa shape index (κ3) is 3.32. The third-order valence-corrected chi connectivity index (χ3v) is 3.85. The van der Waals surface area contributed by atoms with E-state index in [1.807, 2.05) is 6.92 Å². The first-order chi connectivity index (χ1) is 9.93. The molecule has 2 unspecified atom stereocenters. The van der Waals surface area contributed by atoms with Crippen molar-refractivity contribution in [3.8, 4) is 0 Å². The van der Waals surface area contributed by atoms with Crippen molar-refractivity contribution < 1.29 is 18.7 Å². The summed E-state index contributed by atoms with van der Waals surface area (Å²) in [5.41, 5.74) is -0.255. The number of β-amino-alcohol motifs (C(OH)–C–C–N with tert-alkyl or cyclic N) is 1. The highest BCUT2D eigenvalue weighted by Crippen LogP contribution is 2.23. The molecule has 2 atom stereocenters. The zero-order chi connectivity index (χ0) is 15.6. The molecule has 6 heteroatoms. The van der Waals surface area contributed by atoms with Crippen LogP contribution in [0.2, 0.25) is 0 Å². The number of anilines is 1. The number of nitrogens with zero attached hydrogens (tertiary/aromatic N) is 1. The predicted octanol–water partition coefficient (Wildman–Crippen LogP) is 2.24. The van der Waals surface area contributed by atoms with Gasteiger partial charge in [-0.15, -0.1) is 0 Å². The van der Waals surface area contributed by atoms with Crippen LogP contribution in [0.25, 0.3) is 0 Å². The van der Waals surface area contributed by atoms with Crippen molar-refractivity contribution in [2.24, 2.45) is 5.92 Å². The Balaban J connectivity index is 2.20. The Labute approximate surface area is 122 Å². The SMILES string of the molecule is CCNc1c(F)cc(C(=O)N2CCC(C)C(O)C2)cc1F. The van der Waals surface area contributed by atoms with Crippen molar-refractivity contribution in [2.75, 3.05) is 25.0 Å². The molecule has 2 N–H and O–H groups in total. The number of amides is 1. The molecule has 1 heterocycles. The quantitative estimate of drug-likeness (QED) is 0.900. The first kappa shape index (κ1) is 15.7. The highest BCUT2D eigenvalue weighted by Gasteiger charge is 2.28. The monoisotopic (exact) mass is 298 g/mol. The maximum absolute atomic E-state index is 13.8. The maximum Gasteiger partial charge on any atom is 0.254 e. The second kappa shape index (κ2) is 6.39. The van der Waals surface area contributed by atoms with Crippen LogP contribution in [0.3, 0.4) is 0 Å². The van der Waals surface area contributed by atoms with Gasteiger partial charge in [-0.25, -0.2) is 8.78 Å². The van der Waals surface area contributed by atoms with Gasteiger partial charge in [0.05, 0.1) is 6.10 Å². The molecule has 1 aromatic carbocycles. The van der Waals surface area contributed by atoms with E-state index in [0.29, 0.717) is 19.5 Å². The van der Waals surface area contributed by atoms with Gasteiger partial charge in [0.1, 0.15) is 17.3 Å². The van der Waals surface area contributed by atoms with Gasteiger partial charge in [0.15, 0.2) is 0 Å². The molecular weight excluding hydrogens is 278 g/mol. The smallest absolute Gasteiger partial charge is 0.254 e. The van der Waals surface area contributed by atoms with Gasteiger partial charge >= 0.3 is 0 Å². The van der Waals surface area contributed by atoms with E-state index in [0.717, 1.165) is 12.1 Å². The minimum absolute atomic E-state index is 0.0339. The molecule has 1 saturated heterocycles. The Morgan fingerprint density at radius 3 is 2.57 bits per heavy atom. The normalized spacial score (nSPS) is 22.2. The molecular formula is C15H20F2N2O2. The van der Waals surface area contributed by atoms with Gasteiger partial charge in [-0.3, -0.25) is 4.79 Å². The summed E-state index contributed by atoms with van der Waals surface area (Å²) in [5.74, 6) is -1.90. The van der Waals surface area contributed by atoms with E-state index in [1.165, 1.54) is 4.90 Å². The first-order valence-corrected chi connectivity index (χ1v) is 7.14. The summed E-state index contributed by atoms with van der Waals surface area (Å²) in [6, 6.07) is 2.07. The summed E-state index contributed by atoms with van der Waals surface area (Å²) < 4.78 is 27.7. The Morgan fingerprint density at radius 2 is 2.05 bits per heavy atom. The molecule has 1 aliphatic heterocycles. The topological polar surface area (TPSA) is 52.6 Å². The molecule has 0 saturated carbocycles. The predicted molar refractivity (Wildman–Crippen MR) is 76.2 cm³/mol. The van der Waals surface area contributed by atoms with E-state index in [-0.39, 0.29) is 23.7 Å². The number of carbonyl (C=O) groups excluding carboxylic acids is 1. The van der Waals surface area contributed by atoms with Gasteiger partial charge in [0.2, 0.25) is 0 Å². The van der Waals surface area contributed by atoms with Crippen molar-refractivity contribution in [1.82, 2.24) is 4.90 Å². The minimum Gasteiger partial charge on any atom is -0.391 e. The number of nitrogens with one attached hydrogen (secondary N) is 1. The summed E-state index contributed by atoms with van der Waals surface area (Å²) in [5, 5.41) is 12.4. The molecule has 1 fully saturated rings. The lowest BCUT2D eigenvalue weighted by molar-refractivity contribution is 0.0248. The number of halogens is 2. The number of piperidine rings is 1. The van der Waals surface area contributed by atoms with Crippen LogP contribution in [0.5, 0.6) is 0 Å². The van der Waals surface area contributed by atoms with Crippen LogP contribution in [0.4, 0.5) is 14.5 Å². The number of carbonyl (C=O) groups is 1. The number of benzene rings is 1. The van der Waals surface area contributed by atoms with E-state index in [1.54, 1.807) is 6.92 Å². The van der Waals surface area contributed by atoms with Crippen molar-refractivity contribution in [3.63, 3.8) is 0 Å². The van der Waals surface area contributed by atoms with E-state index in [4.69, 9.17) is 0 Å². The fraction of sp³-hybridized carbons (Fsp3) is 0.533. The fourth-order valence-electron chi connectivity index (χ4n) is 2.46. The fourth-order valence-corrected chi connectivity index (χ4v) is 2.46. The van der Waals surface area contributed by atoms with Crippen LogP contribution >= 0.6 is 0 Å². The molecule has 0 aromatic heterocycles. The molecule has 0 bridgehead atoms. The number of rotatable bonds is 3. The molecule has 0 spiro atoms. The maximum atomic E-state index is 13.8. The lowest BCUT2D eigenvalue weighted by atomic mass is 9.95. The van der Waals surface area contributed by atoms with Gasteiger partial charge in [-0.2, -0.15) is 0 Å². The first-order valence-electron chi connectivity index (χ1n) is 7.14. The van der Waals surface area contributed by atoms with Gasteiger partial charge in [0.25, 0.3) is 5.91 Å². The van der Waals surface area contributed by atoms with Gasteiger partial charge < -0.3 is 15.3 Å². The van der Waals surface area contributed by atoms with E-state index >= 15 is 0 Å². The van der Waals surface area contributed by atoms with Crippen LogP contribution in [-0.2, 0) is 0 Å². The molecule has 1 aromatic rings. The summed E-state index contributed by atoms with van der Waals surface area (Å²) in [6.07, 6.45) is 0.0753. The summed E-state index contributed by atoms with van der Waals surface area (Å²) >= 11 is 0. The summed E-state index contributed by atoms with van der Waals surface area (Å²) in [4.78, 5) is 13.7. The lowest BCUT2D eigenvalue weighted by Gasteiger charge is -2.34.